The Hall–Kier alpha value is -2.82. The summed E-state index contributed by atoms with van der Waals surface area (Å²) < 4.78 is 6.57. The van der Waals surface area contributed by atoms with E-state index in [4.69, 9.17) is 4.42 Å². The second-order valence-corrected chi connectivity index (χ2v) is 6.72. The third kappa shape index (κ3) is 3.22. The molecule has 0 bridgehead atoms. The molecule has 3 aromatic rings. The Balaban J connectivity index is 1.55. The van der Waals surface area contributed by atoms with Gasteiger partial charge in [-0.05, 0) is 43.4 Å². The standard InChI is InChI=1S/C20H20N2O3/c1-13-6-8-14(9-7-13)19(15-10-11-15)21-18(23)12-22-16-4-2-3-5-17(16)25-20(22)24/h2-9,15,19H,10-12H2,1H3,(H,21,23). The van der Waals surface area contributed by atoms with Crippen molar-refractivity contribution >= 4 is 17.0 Å². The molecule has 5 heteroatoms. The fourth-order valence-corrected chi connectivity index (χ4v) is 3.20. The summed E-state index contributed by atoms with van der Waals surface area (Å²) in [6, 6.07) is 15.4. The number of hydrogen-bond donors (Lipinski definition) is 1. The third-order valence-corrected chi connectivity index (χ3v) is 4.72. The Labute approximate surface area is 145 Å². The molecule has 128 valence electrons. The Kier molecular flexibility index (Phi) is 3.92. The van der Waals surface area contributed by atoms with Crippen LogP contribution >= 0.6 is 0 Å². The highest BCUT2D eigenvalue weighted by Crippen LogP contribution is 2.41. The van der Waals surface area contributed by atoms with Gasteiger partial charge in [0, 0.05) is 0 Å². The van der Waals surface area contributed by atoms with Crippen molar-refractivity contribution in [2.75, 3.05) is 0 Å². The molecule has 0 spiro atoms. The summed E-state index contributed by atoms with van der Waals surface area (Å²) in [5, 5.41) is 3.10. The van der Waals surface area contributed by atoms with Crippen LogP contribution in [0.5, 0.6) is 0 Å². The molecule has 1 atom stereocenters. The molecule has 0 aliphatic heterocycles. The third-order valence-electron chi connectivity index (χ3n) is 4.72. The molecule has 1 heterocycles. The number of carbonyl (C=O) groups excluding carboxylic acids is 1. The van der Waals surface area contributed by atoms with Gasteiger partial charge in [-0.15, -0.1) is 0 Å². The van der Waals surface area contributed by atoms with Crippen LogP contribution in [0.2, 0.25) is 0 Å². The van der Waals surface area contributed by atoms with Crippen molar-refractivity contribution in [1.82, 2.24) is 9.88 Å². The first-order valence-corrected chi connectivity index (χ1v) is 8.56. The molecule has 1 saturated carbocycles. The quantitative estimate of drug-likeness (QED) is 0.778. The van der Waals surface area contributed by atoms with E-state index in [0.717, 1.165) is 18.4 Å². The van der Waals surface area contributed by atoms with Crippen LogP contribution in [0.25, 0.3) is 11.1 Å². The lowest BCUT2D eigenvalue weighted by Crippen LogP contribution is -2.34. The van der Waals surface area contributed by atoms with Crippen LogP contribution < -0.4 is 11.1 Å². The number of benzene rings is 2. The number of amides is 1. The summed E-state index contributed by atoms with van der Waals surface area (Å²) in [6.45, 7) is 2.01. The van der Waals surface area contributed by atoms with Gasteiger partial charge < -0.3 is 9.73 Å². The molecule has 0 radical (unpaired) electrons. The van der Waals surface area contributed by atoms with Crippen LogP contribution in [0.4, 0.5) is 0 Å². The number of carbonyl (C=O) groups is 1. The molecule has 25 heavy (non-hydrogen) atoms. The SMILES string of the molecule is Cc1ccc(C(NC(=O)Cn2c(=O)oc3ccccc32)C2CC2)cc1. The number of oxazole rings is 1. The predicted octanol–water partition coefficient (Wildman–Crippen LogP) is 3.17. The van der Waals surface area contributed by atoms with Gasteiger partial charge in [0.15, 0.2) is 5.58 Å². The van der Waals surface area contributed by atoms with E-state index in [1.54, 1.807) is 18.2 Å². The van der Waals surface area contributed by atoms with Crippen molar-refractivity contribution in [2.45, 2.75) is 32.4 Å². The lowest BCUT2D eigenvalue weighted by Gasteiger charge is -2.19. The fourth-order valence-electron chi connectivity index (χ4n) is 3.20. The summed E-state index contributed by atoms with van der Waals surface area (Å²) in [7, 11) is 0. The molecule has 1 fully saturated rings. The fraction of sp³-hybridized carbons (Fsp3) is 0.300. The molecule has 1 N–H and O–H groups in total. The highest BCUT2D eigenvalue weighted by molar-refractivity contribution is 5.79. The Morgan fingerprint density at radius 2 is 1.92 bits per heavy atom. The Morgan fingerprint density at radius 1 is 1.20 bits per heavy atom. The van der Waals surface area contributed by atoms with E-state index in [1.807, 2.05) is 13.0 Å². The minimum Gasteiger partial charge on any atom is -0.408 e. The largest absolute Gasteiger partial charge is 0.420 e. The van der Waals surface area contributed by atoms with E-state index in [0.29, 0.717) is 17.0 Å². The lowest BCUT2D eigenvalue weighted by molar-refractivity contribution is -0.122. The highest BCUT2D eigenvalue weighted by Gasteiger charge is 2.33. The zero-order valence-corrected chi connectivity index (χ0v) is 14.1. The molecule has 1 amide bonds. The minimum atomic E-state index is -0.505. The van der Waals surface area contributed by atoms with E-state index >= 15 is 0 Å². The van der Waals surface area contributed by atoms with Crippen molar-refractivity contribution in [3.8, 4) is 0 Å². The first-order chi connectivity index (χ1) is 12.1. The number of hydrogen-bond acceptors (Lipinski definition) is 3. The van der Waals surface area contributed by atoms with Crippen LogP contribution in [-0.4, -0.2) is 10.5 Å². The second kappa shape index (κ2) is 6.24. The molecule has 4 rings (SSSR count). The smallest absolute Gasteiger partial charge is 0.408 e. The zero-order valence-electron chi connectivity index (χ0n) is 14.1. The highest BCUT2D eigenvalue weighted by atomic mass is 16.4. The van der Waals surface area contributed by atoms with Crippen LogP contribution in [0.3, 0.4) is 0 Å². The van der Waals surface area contributed by atoms with Crippen LogP contribution in [0.15, 0.2) is 57.7 Å². The average Bonchev–Trinajstić information content (AvgIpc) is 3.39. The number of nitrogens with zero attached hydrogens (tertiary/aromatic N) is 1. The maximum Gasteiger partial charge on any atom is 0.420 e. The maximum atomic E-state index is 12.6. The monoisotopic (exact) mass is 336 g/mol. The number of aryl methyl sites for hydroxylation is 1. The first-order valence-electron chi connectivity index (χ1n) is 8.56. The predicted molar refractivity (Wildman–Crippen MR) is 95.3 cm³/mol. The normalized spacial score (nSPS) is 15.2. The molecule has 1 unspecified atom stereocenters. The van der Waals surface area contributed by atoms with Crippen molar-refractivity contribution < 1.29 is 9.21 Å². The van der Waals surface area contributed by atoms with Gasteiger partial charge in [0.1, 0.15) is 6.54 Å². The van der Waals surface area contributed by atoms with Gasteiger partial charge in [0.25, 0.3) is 0 Å². The summed E-state index contributed by atoms with van der Waals surface area (Å²) >= 11 is 0. The summed E-state index contributed by atoms with van der Waals surface area (Å²) in [4.78, 5) is 24.6. The van der Waals surface area contributed by atoms with E-state index in [9.17, 15) is 9.59 Å². The Morgan fingerprint density at radius 3 is 2.64 bits per heavy atom. The molecule has 5 nitrogen and oxygen atoms in total. The van der Waals surface area contributed by atoms with Crippen molar-refractivity contribution in [3.63, 3.8) is 0 Å². The molecular formula is C20H20N2O3. The molecular weight excluding hydrogens is 316 g/mol. The van der Waals surface area contributed by atoms with Gasteiger partial charge in [-0.1, -0.05) is 42.0 Å². The molecule has 2 aromatic carbocycles. The maximum absolute atomic E-state index is 12.6. The van der Waals surface area contributed by atoms with Gasteiger partial charge in [0.2, 0.25) is 5.91 Å². The zero-order chi connectivity index (χ0) is 17.4. The van der Waals surface area contributed by atoms with Gasteiger partial charge in [-0.3, -0.25) is 9.36 Å². The van der Waals surface area contributed by atoms with E-state index in [1.165, 1.54) is 10.1 Å². The van der Waals surface area contributed by atoms with Crippen LogP contribution in [0.1, 0.15) is 30.0 Å². The van der Waals surface area contributed by atoms with Crippen molar-refractivity contribution in [1.29, 1.82) is 0 Å². The minimum absolute atomic E-state index is 0.00182. The van der Waals surface area contributed by atoms with Gasteiger partial charge in [-0.2, -0.15) is 0 Å². The van der Waals surface area contributed by atoms with Crippen LogP contribution in [-0.2, 0) is 11.3 Å². The number of aromatic nitrogens is 1. The van der Waals surface area contributed by atoms with Gasteiger partial charge >= 0.3 is 5.76 Å². The number of rotatable bonds is 5. The van der Waals surface area contributed by atoms with E-state index in [-0.39, 0.29) is 18.5 Å². The summed E-state index contributed by atoms with van der Waals surface area (Å²) in [5.41, 5.74) is 3.45. The van der Waals surface area contributed by atoms with Crippen molar-refractivity contribution in [2.24, 2.45) is 5.92 Å². The molecule has 0 saturated heterocycles. The lowest BCUT2D eigenvalue weighted by atomic mass is 10.0. The van der Waals surface area contributed by atoms with E-state index < -0.39 is 5.76 Å². The second-order valence-electron chi connectivity index (χ2n) is 6.72. The molecule has 1 aromatic heterocycles. The van der Waals surface area contributed by atoms with Gasteiger partial charge in [0.05, 0.1) is 11.6 Å². The van der Waals surface area contributed by atoms with E-state index in [2.05, 4.69) is 29.6 Å². The van der Waals surface area contributed by atoms with Crippen molar-refractivity contribution in [3.05, 3.63) is 70.2 Å². The van der Waals surface area contributed by atoms with Gasteiger partial charge in [-0.25, -0.2) is 4.79 Å². The number of fused-ring (bicyclic) bond motifs is 1. The summed E-state index contributed by atoms with van der Waals surface area (Å²) in [6.07, 6.45) is 2.24. The average molecular weight is 336 g/mol. The molecule has 1 aliphatic rings. The summed E-state index contributed by atoms with van der Waals surface area (Å²) in [5.74, 6) is -0.203. The Bertz CT molecular complexity index is 965. The number of nitrogens with one attached hydrogen (secondary N) is 1. The first kappa shape index (κ1) is 15.7. The topological polar surface area (TPSA) is 64.2 Å². The number of para-hydroxylation sites is 2. The van der Waals surface area contributed by atoms with Crippen LogP contribution in [0, 0.1) is 12.8 Å². The molecule has 1 aliphatic carbocycles.